The van der Waals surface area contributed by atoms with Crippen LogP contribution in [0.1, 0.15) is 0 Å². The highest BCUT2D eigenvalue weighted by Crippen LogP contribution is 2.07. The molecule has 66 valence electrons. The lowest BCUT2D eigenvalue weighted by atomic mass is 10.6. The van der Waals surface area contributed by atoms with Gasteiger partial charge in [-0.3, -0.25) is 4.98 Å². The predicted molar refractivity (Wildman–Crippen MR) is 44.2 cm³/mol. The molecule has 12 heavy (non-hydrogen) atoms. The van der Waals surface area contributed by atoms with E-state index in [9.17, 15) is 0 Å². The molecule has 0 saturated heterocycles. The molecule has 0 radical (unpaired) electrons. The standard InChI is InChI=1S/C7H11N3O2/c1-8-6-4-9-5-7(10-6)12-3-2-11/h4-5,11H,2-3H2,1H3,(H,8,10). The summed E-state index contributed by atoms with van der Waals surface area (Å²) in [7, 11) is 1.75. The van der Waals surface area contributed by atoms with E-state index in [2.05, 4.69) is 15.3 Å². The maximum absolute atomic E-state index is 8.47. The summed E-state index contributed by atoms with van der Waals surface area (Å²) >= 11 is 0. The van der Waals surface area contributed by atoms with E-state index in [1.165, 1.54) is 6.20 Å². The van der Waals surface area contributed by atoms with Crippen LogP contribution in [0.5, 0.6) is 5.88 Å². The molecule has 0 fully saturated rings. The van der Waals surface area contributed by atoms with Crippen molar-refractivity contribution in [3.05, 3.63) is 12.4 Å². The maximum Gasteiger partial charge on any atom is 0.234 e. The number of aliphatic hydroxyl groups excluding tert-OH is 1. The van der Waals surface area contributed by atoms with Crippen LogP contribution in [-0.4, -0.2) is 35.3 Å². The van der Waals surface area contributed by atoms with E-state index in [0.29, 0.717) is 11.7 Å². The second-order valence-electron chi connectivity index (χ2n) is 2.06. The van der Waals surface area contributed by atoms with Crippen molar-refractivity contribution in [1.29, 1.82) is 0 Å². The van der Waals surface area contributed by atoms with Crippen LogP contribution < -0.4 is 10.1 Å². The van der Waals surface area contributed by atoms with Crippen molar-refractivity contribution in [2.75, 3.05) is 25.6 Å². The lowest BCUT2D eigenvalue weighted by Gasteiger charge is -2.03. The zero-order valence-corrected chi connectivity index (χ0v) is 6.82. The van der Waals surface area contributed by atoms with Crippen LogP contribution in [-0.2, 0) is 0 Å². The zero-order valence-electron chi connectivity index (χ0n) is 6.82. The van der Waals surface area contributed by atoms with Gasteiger partial charge in [0.15, 0.2) is 0 Å². The summed E-state index contributed by atoms with van der Waals surface area (Å²) in [5.74, 6) is 1.06. The van der Waals surface area contributed by atoms with Gasteiger partial charge in [-0.2, -0.15) is 4.98 Å². The molecule has 0 spiro atoms. The zero-order chi connectivity index (χ0) is 8.81. The fourth-order valence-corrected chi connectivity index (χ4v) is 0.688. The van der Waals surface area contributed by atoms with Crippen molar-refractivity contribution in [3.8, 4) is 5.88 Å². The van der Waals surface area contributed by atoms with Gasteiger partial charge in [0, 0.05) is 7.05 Å². The number of nitrogens with one attached hydrogen (secondary N) is 1. The van der Waals surface area contributed by atoms with Gasteiger partial charge in [-0.25, -0.2) is 0 Å². The highest BCUT2D eigenvalue weighted by molar-refractivity contribution is 5.31. The van der Waals surface area contributed by atoms with Gasteiger partial charge in [-0.05, 0) is 0 Å². The van der Waals surface area contributed by atoms with Gasteiger partial charge in [0.05, 0.1) is 19.0 Å². The largest absolute Gasteiger partial charge is 0.474 e. The van der Waals surface area contributed by atoms with Gasteiger partial charge in [0.2, 0.25) is 5.88 Å². The number of aliphatic hydroxyl groups is 1. The third kappa shape index (κ3) is 2.35. The summed E-state index contributed by atoms with van der Waals surface area (Å²) < 4.78 is 5.03. The Hall–Kier alpha value is -1.36. The second-order valence-corrected chi connectivity index (χ2v) is 2.06. The molecule has 0 saturated carbocycles. The molecule has 1 rings (SSSR count). The first-order valence-corrected chi connectivity index (χ1v) is 3.60. The van der Waals surface area contributed by atoms with Crippen LogP contribution in [0.3, 0.4) is 0 Å². The molecule has 1 heterocycles. The SMILES string of the molecule is CNc1cncc(OCCO)n1. The Balaban J connectivity index is 2.60. The minimum Gasteiger partial charge on any atom is -0.474 e. The first kappa shape index (κ1) is 8.73. The number of aromatic nitrogens is 2. The number of hydrogen-bond donors (Lipinski definition) is 2. The summed E-state index contributed by atoms with van der Waals surface area (Å²) in [5.41, 5.74) is 0. The summed E-state index contributed by atoms with van der Waals surface area (Å²) in [6, 6.07) is 0. The smallest absolute Gasteiger partial charge is 0.234 e. The lowest BCUT2D eigenvalue weighted by Crippen LogP contribution is -2.04. The fraction of sp³-hybridized carbons (Fsp3) is 0.429. The van der Waals surface area contributed by atoms with E-state index >= 15 is 0 Å². The molecule has 0 bridgehead atoms. The molecule has 2 N–H and O–H groups in total. The molecule has 5 heteroatoms. The Bertz CT molecular complexity index is 242. The molecular weight excluding hydrogens is 158 g/mol. The van der Waals surface area contributed by atoms with Gasteiger partial charge >= 0.3 is 0 Å². The first-order valence-electron chi connectivity index (χ1n) is 3.60. The monoisotopic (exact) mass is 169 g/mol. The van der Waals surface area contributed by atoms with Crippen LogP contribution in [0, 0.1) is 0 Å². The Morgan fingerprint density at radius 1 is 1.58 bits per heavy atom. The van der Waals surface area contributed by atoms with E-state index in [1.54, 1.807) is 13.2 Å². The van der Waals surface area contributed by atoms with E-state index in [0.717, 1.165) is 0 Å². The molecule has 0 aliphatic carbocycles. The maximum atomic E-state index is 8.47. The number of hydrogen-bond acceptors (Lipinski definition) is 5. The summed E-state index contributed by atoms with van der Waals surface area (Å²) in [4.78, 5) is 7.90. The lowest BCUT2D eigenvalue weighted by molar-refractivity contribution is 0.196. The van der Waals surface area contributed by atoms with Crippen LogP contribution >= 0.6 is 0 Å². The van der Waals surface area contributed by atoms with Crippen molar-refractivity contribution in [2.24, 2.45) is 0 Å². The minimum absolute atomic E-state index is 0.0224. The number of anilines is 1. The average Bonchev–Trinajstić information content (AvgIpc) is 2.15. The highest BCUT2D eigenvalue weighted by atomic mass is 16.5. The molecule has 0 amide bonds. The Morgan fingerprint density at radius 2 is 2.42 bits per heavy atom. The normalized spacial score (nSPS) is 9.50. The van der Waals surface area contributed by atoms with Gasteiger partial charge in [-0.15, -0.1) is 0 Å². The van der Waals surface area contributed by atoms with Crippen LogP contribution in [0.15, 0.2) is 12.4 Å². The van der Waals surface area contributed by atoms with Crippen LogP contribution in [0.4, 0.5) is 5.82 Å². The van der Waals surface area contributed by atoms with Crippen molar-refractivity contribution in [3.63, 3.8) is 0 Å². The van der Waals surface area contributed by atoms with Crippen molar-refractivity contribution in [1.82, 2.24) is 9.97 Å². The molecule has 0 unspecified atom stereocenters. The van der Waals surface area contributed by atoms with Crippen molar-refractivity contribution >= 4 is 5.82 Å². The number of rotatable bonds is 4. The molecule has 0 aromatic carbocycles. The minimum atomic E-state index is -0.0224. The molecular formula is C7H11N3O2. The van der Waals surface area contributed by atoms with E-state index < -0.39 is 0 Å². The topological polar surface area (TPSA) is 67.3 Å². The number of nitrogens with zero attached hydrogens (tertiary/aromatic N) is 2. The Morgan fingerprint density at radius 3 is 3.08 bits per heavy atom. The predicted octanol–water partition coefficient (Wildman–Crippen LogP) is -0.111. The molecule has 0 aliphatic rings. The quantitative estimate of drug-likeness (QED) is 0.658. The van der Waals surface area contributed by atoms with Gasteiger partial charge in [-0.1, -0.05) is 0 Å². The van der Waals surface area contributed by atoms with Crippen molar-refractivity contribution < 1.29 is 9.84 Å². The van der Waals surface area contributed by atoms with Gasteiger partial charge < -0.3 is 15.2 Å². The van der Waals surface area contributed by atoms with Crippen LogP contribution in [0.25, 0.3) is 0 Å². The third-order valence-electron chi connectivity index (χ3n) is 1.21. The van der Waals surface area contributed by atoms with Gasteiger partial charge in [0.25, 0.3) is 0 Å². The molecule has 5 nitrogen and oxygen atoms in total. The Labute approximate surface area is 70.4 Å². The fourth-order valence-electron chi connectivity index (χ4n) is 0.688. The van der Waals surface area contributed by atoms with E-state index in [1.807, 2.05) is 0 Å². The molecule has 0 aliphatic heterocycles. The highest BCUT2D eigenvalue weighted by Gasteiger charge is 1.96. The molecule has 1 aromatic heterocycles. The van der Waals surface area contributed by atoms with Crippen molar-refractivity contribution in [2.45, 2.75) is 0 Å². The van der Waals surface area contributed by atoms with Crippen LogP contribution in [0.2, 0.25) is 0 Å². The summed E-state index contributed by atoms with van der Waals surface area (Å²) in [6.45, 7) is 0.216. The Kier molecular flexibility index (Phi) is 3.28. The third-order valence-corrected chi connectivity index (χ3v) is 1.21. The first-order chi connectivity index (χ1) is 5.86. The van der Waals surface area contributed by atoms with E-state index in [4.69, 9.17) is 9.84 Å². The molecule has 1 aromatic rings. The number of ether oxygens (including phenoxy) is 1. The summed E-state index contributed by atoms with van der Waals surface area (Å²) in [6.07, 6.45) is 3.09. The summed E-state index contributed by atoms with van der Waals surface area (Å²) in [5, 5.41) is 11.3. The molecule has 0 atom stereocenters. The second kappa shape index (κ2) is 4.50. The average molecular weight is 169 g/mol. The van der Waals surface area contributed by atoms with Gasteiger partial charge in [0.1, 0.15) is 12.4 Å². The van der Waals surface area contributed by atoms with E-state index in [-0.39, 0.29) is 13.2 Å².